The van der Waals surface area contributed by atoms with Crippen molar-refractivity contribution >= 4 is 34.5 Å². The third kappa shape index (κ3) is 3.92. The molecule has 32 heavy (non-hydrogen) atoms. The van der Waals surface area contributed by atoms with Crippen molar-refractivity contribution in [3.8, 4) is 11.4 Å². The van der Waals surface area contributed by atoms with E-state index in [0.29, 0.717) is 23.3 Å². The lowest BCUT2D eigenvalue weighted by Gasteiger charge is -2.35. The van der Waals surface area contributed by atoms with Crippen LogP contribution in [0.15, 0.2) is 82.3 Å². The highest BCUT2D eigenvalue weighted by molar-refractivity contribution is 7.09. The maximum absolute atomic E-state index is 13.1. The van der Waals surface area contributed by atoms with Crippen LogP contribution >= 0.6 is 22.9 Å². The summed E-state index contributed by atoms with van der Waals surface area (Å²) in [6, 6.07) is 20.4. The number of aromatic nitrogens is 2. The van der Waals surface area contributed by atoms with Gasteiger partial charge in [-0.05, 0) is 36.1 Å². The van der Waals surface area contributed by atoms with Crippen LogP contribution in [0.4, 0.5) is 4.79 Å². The molecule has 0 aliphatic carbocycles. The number of nitrogens with zero attached hydrogens (tertiary/aromatic N) is 3. The zero-order valence-corrected chi connectivity index (χ0v) is 18.7. The first-order valence-corrected chi connectivity index (χ1v) is 11.3. The van der Waals surface area contributed by atoms with Crippen molar-refractivity contribution in [1.82, 2.24) is 20.4 Å². The van der Waals surface area contributed by atoms with Gasteiger partial charge in [0.05, 0.1) is 18.2 Å². The number of thiophene rings is 1. The van der Waals surface area contributed by atoms with Gasteiger partial charge in [-0.15, -0.1) is 11.3 Å². The second kappa shape index (κ2) is 8.61. The van der Waals surface area contributed by atoms with Crippen LogP contribution in [0.2, 0.25) is 5.02 Å². The van der Waals surface area contributed by atoms with Crippen molar-refractivity contribution < 1.29 is 9.32 Å². The van der Waals surface area contributed by atoms with Crippen LogP contribution < -0.4 is 5.32 Å². The van der Waals surface area contributed by atoms with Crippen LogP contribution in [0.1, 0.15) is 29.3 Å². The number of nitrogens with one attached hydrogen (secondary N) is 1. The predicted octanol–water partition coefficient (Wildman–Crippen LogP) is 6.15. The Bertz CT molecular complexity index is 1280. The molecular weight excluding hydrogens is 444 g/mol. The van der Waals surface area contributed by atoms with Crippen molar-refractivity contribution in [3.05, 3.63) is 99.2 Å². The standard InChI is InChI=1S/C24H19ClN4O2S/c1-15-20(23-27-22(28-31-23)16-7-3-2-4-8-16)21(17-9-5-10-18(25)13-17)26-24(30)29(15)14-19-11-6-12-32-19/h2-13,21H,14H2,1H3,(H,26,30). The Labute approximate surface area is 194 Å². The molecule has 2 aromatic carbocycles. The molecule has 0 radical (unpaired) electrons. The van der Waals surface area contributed by atoms with Crippen LogP contribution in [0, 0.1) is 0 Å². The third-order valence-corrected chi connectivity index (χ3v) is 6.46. The van der Waals surface area contributed by atoms with Crippen LogP contribution in [-0.2, 0) is 6.54 Å². The highest BCUT2D eigenvalue weighted by Gasteiger charge is 2.36. The molecule has 0 bridgehead atoms. The largest absolute Gasteiger partial charge is 0.334 e. The molecule has 6 nitrogen and oxygen atoms in total. The van der Waals surface area contributed by atoms with E-state index >= 15 is 0 Å². The molecule has 1 unspecified atom stereocenters. The number of allylic oxidation sites excluding steroid dienone is 1. The molecule has 0 spiro atoms. The van der Waals surface area contributed by atoms with Gasteiger partial charge in [-0.1, -0.05) is 65.3 Å². The van der Waals surface area contributed by atoms with Gasteiger partial charge in [0.25, 0.3) is 5.89 Å². The molecule has 1 N–H and O–H groups in total. The number of benzene rings is 2. The average Bonchev–Trinajstić information content (AvgIpc) is 3.49. The Hall–Kier alpha value is -3.42. The Kier molecular flexibility index (Phi) is 5.51. The van der Waals surface area contributed by atoms with E-state index < -0.39 is 6.04 Å². The summed E-state index contributed by atoms with van der Waals surface area (Å²) >= 11 is 7.85. The minimum absolute atomic E-state index is 0.188. The normalized spacial score (nSPS) is 16.4. The summed E-state index contributed by atoms with van der Waals surface area (Å²) in [5.41, 5.74) is 3.21. The van der Waals surface area contributed by atoms with Crippen molar-refractivity contribution in [3.63, 3.8) is 0 Å². The van der Waals surface area contributed by atoms with Gasteiger partial charge < -0.3 is 9.84 Å². The summed E-state index contributed by atoms with van der Waals surface area (Å²) in [4.78, 5) is 20.5. The molecule has 1 aliphatic heterocycles. The highest BCUT2D eigenvalue weighted by atomic mass is 35.5. The molecule has 160 valence electrons. The monoisotopic (exact) mass is 462 g/mol. The summed E-state index contributed by atoms with van der Waals surface area (Å²) in [5.74, 6) is 0.856. The third-order valence-electron chi connectivity index (χ3n) is 5.36. The maximum Gasteiger partial charge on any atom is 0.322 e. The lowest BCUT2D eigenvalue weighted by atomic mass is 9.94. The van der Waals surface area contributed by atoms with Crippen molar-refractivity contribution in [2.45, 2.75) is 19.5 Å². The van der Waals surface area contributed by atoms with E-state index in [9.17, 15) is 4.79 Å². The van der Waals surface area contributed by atoms with Gasteiger partial charge in [0.1, 0.15) is 0 Å². The molecule has 2 aromatic heterocycles. The van der Waals surface area contributed by atoms with Gasteiger partial charge in [0, 0.05) is 21.2 Å². The highest BCUT2D eigenvalue weighted by Crippen LogP contribution is 2.38. The smallest absolute Gasteiger partial charge is 0.322 e. The molecule has 1 aliphatic rings. The van der Waals surface area contributed by atoms with E-state index in [2.05, 4.69) is 15.5 Å². The summed E-state index contributed by atoms with van der Waals surface area (Å²) in [5, 5.41) is 9.87. The SMILES string of the molecule is CC1=C(c2nc(-c3ccccc3)no2)C(c2cccc(Cl)c2)NC(=O)N1Cc1cccs1. The van der Waals surface area contributed by atoms with Gasteiger partial charge in [-0.2, -0.15) is 4.98 Å². The molecule has 2 amide bonds. The number of hydrogen-bond donors (Lipinski definition) is 1. The number of carbonyl (C=O) groups excluding carboxylic acids is 1. The van der Waals surface area contributed by atoms with Crippen molar-refractivity contribution in [2.75, 3.05) is 0 Å². The van der Waals surface area contributed by atoms with Crippen LogP contribution in [0.3, 0.4) is 0 Å². The lowest BCUT2D eigenvalue weighted by Crippen LogP contribution is -2.45. The summed E-state index contributed by atoms with van der Waals surface area (Å²) in [6.07, 6.45) is 0. The molecule has 8 heteroatoms. The second-order valence-corrected chi connectivity index (χ2v) is 8.86. The number of hydrogen-bond acceptors (Lipinski definition) is 5. The van der Waals surface area contributed by atoms with Gasteiger partial charge in [-0.3, -0.25) is 4.90 Å². The Morgan fingerprint density at radius 2 is 1.97 bits per heavy atom. The van der Waals surface area contributed by atoms with E-state index in [1.807, 2.05) is 73.0 Å². The van der Waals surface area contributed by atoms with Gasteiger partial charge in [0.2, 0.25) is 5.82 Å². The Morgan fingerprint density at radius 1 is 1.12 bits per heavy atom. The van der Waals surface area contributed by atoms with Crippen molar-refractivity contribution in [2.24, 2.45) is 0 Å². The first kappa shape index (κ1) is 20.5. The fourth-order valence-electron chi connectivity index (χ4n) is 3.78. The zero-order chi connectivity index (χ0) is 22.1. The molecular formula is C24H19ClN4O2S. The van der Waals surface area contributed by atoms with E-state index in [0.717, 1.165) is 27.3 Å². The van der Waals surface area contributed by atoms with Crippen molar-refractivity contribution in [1.29, 1.82) is 0 Å². The Balaban J connectivity index is 1.61. The second-order valence-electron chi connectivity index (χ2n) is 7.39. The first-order valence-electron chi connectivity index (χ1n) is 10.1. The molecule has 0 fully saturated rings. The van der Waals surface area contributed by atoms with Gasteiger partial charge in [-0.25, -0.2) is 4.79 Å². The summed E-state index contributed by atoms with van der Waals surface area (Å²) in [6.45, 7) is 2.37. The van der Waals surface area contributed by atoms with Gasteiger partial charge >= 0.3 is 6.03 Å². The number of urea groups is 1. The molecule has 5 rings (SSSR count). The first-order chi connectivity index (χ1) is 15.6. The molecule has 4 aromatic rings. The average molecular weight is 463 g/mol. The number of halogens is 1. The minimum Gasteiger partial charge on any atom is -0.334 e. The zero-order valence-electron chi connectivity index (χ0n) is 17.2. The molecule has 0 saturated carbocycles. The molecule has 3 heterocycles. The quantitative estimate of drug-likeness (QED) is 0.386. The summed E-state index contributed by atoms with van der Waals surface area (Å²) < 4.78 is 5.70. The van der Waals surface area contributed by atoms with Gasteiger partial charge in [0.15, 0.2) is 0 Å². The number of rotatable bonds is 5. The minimum atomic E-state index is -0.468. The number of carbonyl (C=O) groups is 1. The van der Waals surface area contributed by atoms with E-state index in [1.54, 1.807) is 22.3 Å². The van der Waals surface area contributed by atoms with E-state index in [1.165, 1.54) is 0 Å². The van der Waals surface area contributed by atoms with Crippen LogP contribution in [-0.4, -0.2) is 21.1 Å². The fraction of sp³-hybridized carbons (Fsp3) is 0.125. The molecule has 0 saturated heterocycles. The lowest BCUT2D eigenvalue weighted by molar-refractivity contribution is 0.203. The van der Waals surface area contributed by atoms with E-state index in [-0.39, 0.29) is 6.03 Å². The molecule has 1 atom stereocenters. The van der Waals surface area contributed by atoms with Crippen LogP contribution in [0.5, 0.6) is 0 Å². The topological polar surface area (TPSA) is 71.3 Å². The summed E-state index contributed by atoms with van der Waals surface area (Å²) in [7, 11) is 0. The Morgan fingerprint density at radius 3 is 2.72 bits per heavy atom. The fourth-order valence-corrected chi connectivity index (χ4v) is 4.67. The van der Waals surface area contributed by atoms with Crippen LogP contribution in [0.25, 0.3) is 17.0 Å². The number of amides is 2. The maximum atomic E-state index is 13.1. The van der Waals surface area contributed by atoms with E-state index in [4.69, 9.17) is 16.1 Å². The predicted molar refractivity (Wildman–Crippen MR) is 125 cm³/mol.